The Morgan fingerprint density at radius 1 is 0.625 bits per heavy atom. The summed E-state index contributed by atoms with van der Waals surface area (Å²) >= 11 is 0. The van der Waals surface area contributed by atoms with Gasteiger partial charge in [0.05, 0.1) is 7.11 Å². The lowest BCUT2D eigenvalue weighted by Gasteiger charge is -2.30. The molecule has 6 rings (SSSR count). The minimum absolute atomic E-state index is 0.0534. The van der Waals surface area contributed by atoms with Gasteiger partial charge in [-0.15, -0.1) is 0 Å². The van der Waals surface area contributed by atoms with Crippen molar-refractivity contribution in [2.45, 2.75) is 76.2 Å². The minimum atomic E-state index is -1.08. The highest BCUT2D eigenvalue weighted by atomic mass is 16.5. The summed E-state index contributed by atoms with van der Waals surface area (Å²) in [5.41, 5.74) is 7.41. The number of hydrogen-bond donors (Lipinski definition) is 1. The van der Waals surface area contributed by atoms with Crippen molar-refractivity contribution in [2.24, 2.45) is 0 Å². The van der Waals surface area contributed by atoms with Gasteiger partial charge in [0.25, 0.3) is 0 Å². The Hall–Kier alpha value is -3.56. The lowest BCUT2D eigenvalue weighted by Crippen LogP contribution is -2.27. The standard InChI is InChI=1S/C37H40O3/c1-24-8-10-25(11-9-24)36(6,38)26-12-14-27(15-13-26)40-29-17-19-31-33(21-29)37(23-35(31,4)5)22-34(2,3)30-18-16-28(39-7)20-32(30)37/h8-21,38H,22-23H2,1-7H3. The summed E-state index contributed by atoms with van der Waals surface area (Å²) in [4.78, 5) is 0. The first kappa shape index (κ1) is 26.7. The zero-order valence-corrected chi connectivity index (χ0v) is 24.8. The summed E-state index contributed by atoms with van der Waals surface area (Å²) < 4.78 is 12.1. The molecule has 1 N–H and O–H groups in total. The van der Waals surface area contributed by atoms with Crippen molar-refractivity contribution < 1.29 is 14.6 Å². The molecule has 2 atom stereocenters. The van der Waals surface area contributed by atoms with E-state index in [9.17, 15) is 5.11 Å². The van der Waals surface area contributed by atoms with Gasteiger partial charge < -0.3 is 14.6 Å². The first-order valence-corrected chi connectivity index (χ1v) is 14.3. The van der Waals surface area contributed by atoms with Crippen LogP contribution in [0, 0.1) is 6.92 Å². The number of fused-ring (bicyclic) bond motifs is 4. The maximum Gasteiger partial charge on any atom is 0.127 e. The molecule has 2 aliphatic rings. The van der Waals surface area contributed by atoms with Gasteiger partial charge in [-0.25, -0.2) is 0 Å². The van der Waals surface area contributed by atoms with Gasteiger partial charge in [-0.1, -0.05) is 81.8 Å². The summed E-state index contributed by atoms with van der Waals surface area (Å²) in [6.07, 6.45) is 2.12. The summed E-state index contributed by atoms with van der Waals surface area (Å²) in [6.45, 7) is 13.4. The fourth-order valence-electron chi connectivity index (χ4n) is 7.53. The number of rotatable bonds is 5. The monoisotopic (exact) mass is 532 g/mol. The van der Waals surface area contributed by atoms with Crippen LogP contribution in [0.3, 0.4) is 0 Å². The van der Waals surface area contributed by atoms with E-state index in [1.165, 1.54) is 27.8 Å². The third-order valence-electron chi connectivity index (χ3n) is 9.46. The molecule has 0 bridgehead atoms. The predicted molar refractivity (Wildman–Crippen MR) is 162 cm³/mol. The summed E-state index contributed by atoms with van der Waals surface area (Å²) in [5.74, 6) is 2.50. The molecular weight excluding hydrogens is 492 g/mol. The van der Waals surface area contributed by atoms with Crippen LogP contribution in [0.4, 0.5) is 0 Å². The van der Waals surface area contributed by atoms with Crippen molar-refractivity contribution in [3.05, 3.63) is 124 Å². The van der Waals surface area contributed by atoms with Crippen LogP contribution >= 0.6 is 0 Å². The van der Waals surface area contributed by atoms with Crippen LogP contribution in [0.1, 0.15) is 86.4 Å². The quantitative estimate of drug-likeness (QED) is 0.279. The van der Waals surface area contributed by atoms with Crippen molar-refractivity contribution >= 4 is 0 Å². The van der Waals surface area contributed by atoms with Crippen LogP contribution in [0.25, 0.3) is 0 Å². The molecule has 0 saturated heterocycles. The Kier molecular flexibility index (Phi) is 5.98. The molecular formula is C37H40O3. The van der Waals surface area contributed by atoms with Crippen molar-refractivity contribution in [3.8, 4) is 17.2 Å². The molecule has 0 radical (unpaired) electrons. The fourth-order valence-corrected chi connectivity index (χ4v) is 7.53. The Morgan fingerprint density at radius 2 is 1.07 bits per heavy atom. The molecule has 0 heterocycles. The van der Waals surface area contributed by atoms with E-state index in [0.29, 0.717) is 0 Å². The van der Waals surface area contributed by atoms with E-state index in [0.717, 1.165) is 41.2 Å². The maximum atomic E-state index is 11.3. The Bertz CT molecular complexity index is 1570. The van der Waals surface area contributed by atoms with Crippen LogP contribution < -0.4 is 9.47 Å². The molecule has 0 aliphatic heterocycles. The third kappa shape index (κ3) is 4.14. The number of ether oxygens (including phenoxy) is 2. The molecule has 2 aliphatic carbocycles. The van der Waals surface area contributed by atoms with Crippen LogP contribution in [-0.4, -0.2) is 12.2 Å². The Balaban J connectivity index is 1.35. The van der Waals surface area contributed by atoms with Gasteiger partial charge in [-0.05, 0) is 107 Å². The molecule has 40 heavy (non-hydrogen) atoms. The van der Waals surface area contributed by atoms with Crippen LogP contribution in [-0.2, 0) is 21.8 Å². The van der Waals surface area contributed by atoms with Gasteiger partial charge in [0.1, 0.15) is 22.8 Å². The van der Waals surface area contributed by atoms with Crippen LogP contribution in [0.5, 0.6) is 17.2 Å². The van der Waals surface area contributed by atoms with Crippen molar-refractivity contribution in [1.82, 2.24) is 0 Å². The number of aryl methyl sites for hydroxylation is 1. The van der Waals surface area contributed by atoms with Gasteiger partial charge >= 0.3 is 0 Å². The lowest BCUT2D eigenvalue weighted by atomic mass is 9.72. The first-order chi connectivity index (χ1) is 18.9. The van der Waals surface area contributed by atoms with Gasteiger partial charge in [0.15, 0.2) is 0 Å². The van der Waals surface area contributed by atoms with Crippen LogP contribution in [0.2, 0.25) is 0 Å². The minimum Gasteiger partial charge on any atom is -0.497 e. The van der Waals surface area contributed by atoms with E-state index in [1.807, 2.05) is 55.5 Å². The van der Waals surface area contributed by atoms with E-state index < -0.39 is 5.60 Å². The molecule has 3 nitrogen and oxygen atoms in total. The Labute approximate surface area is 238 Å². The van der Waals surface area contributed by atoms with E-state index >= 15 is 0 Å². The molecule has 2 unspecified atom stereocenters. The molecule has 3 heteroatoms. The highest BCUT2D eigenvalue weighted by molar-refractivity contribution is 5.62. The smallest absolute Gasteiger partial charge is 0.127 e. The number of benzene rings is 4. The van der Waals surface area contributed by atoms with E-state index in [4.69, 9.17) is 9.47 Å². The normalized spacial score (nSPS) is 21.5. The number of hydrogen-bond acceptors (Lipinski definition) is 3. The number of aliphatic hydroxyl groups is 1. The topological polar surface area (TPSA) is 38.7 Å². The predicted octanol–water partition coefficient (Wildman–Crippen LogP) is 8.70. The second-order valence-corrected chi connectivity index (χ2v) is 13.4. The van der Waals surface area contributed by atoms with Gasteiger partial charge in [-0.2, -0.15) is 0 Å². The third-order valence-corrected chi connectivity index (χ3v) is 9.46. The average Bonchev–Trinajstić information content (AvgIpc) is 3.28. The second kappa shape index (κ2) is 8.97. The highest BCUT2D eigenvalue weighted by Gasteiger charge is 2.56. The zero-order valence-electron chi connectivity index (χ0n) is 24.8. The molecule has 1 spiro atoms. The molecule has 0 saturated carbocycles. The molecule has 206 valence electrons. The van der Waals surface area contributed by atoms with Crippen LogP contribution in [0.15, 0.2) is 84.9 Å². The highest BCUT2D eigenvalue weighted by Crippen LogP contribution is 2.63. The lowest BCUT2D eigenvalue weighted by molar-refractivity contribution is 0.102. The van der Waals surface area contributed by atoms with E-state index in [-0.39, 0.29) is 16.2 Å². The average molecular weight is 533 g/mol. The Morgan fingerprint density at radius 3 is 1.60 bits per heavy atom. The van der Waals surface area contributed by atoms with Gasteiger partial charge in [0.2, 0.25) is 0 Å². The largest absolute Gasteiger partial charge is 0.497 e. The summed E-state index contributed by atoms with van der Waals surface area (Å²) in [5, 5.41) is 11.3. The first-order valence-electron chi connectivity index (χ1n) is 14.3. The molecule has 4 aromatic rings. The summed E-state index contributed by atoms with van der Waals surface area (Å²) in [6, 6.07) is 29.1. The SMILES string of the molecule is COc1ccc2c(c1)C1(CC2(C)C)CC(C)(C)c2ccc(Oc3ccc(C(C)(O)c4ccc(C)cc4)cc3)cc21. The maximum absolute atomic E-state index is 11.3. The van der Waals surface area contributed by atoms with E-state index in [1.54, 1.807) is 7.11 Å². The fraction of sp³-hybridized carbons (Fsp3) is 0.351. The van der Waals surface area contributed by atoms with Crippen molar-refractivity contribution in [2.75, 3.05) is 7.11 Å². The van der Waals surface area contributed by atoms with Gasteiger partial charge in [-0.3, -0.25) is 0 Å². The molecule has 0 fully saturated rings. The van der Waals surface area contributed by atoms with Crippen molar-refractivity contribution in [1.29, 1.82) is 0 Å². The summed E-state index contributed by atoms with van der Waals surface area (Å²) in [7, 11) is 1.75. The molecule has 4 aromatic carbocycles. The molecule has 0 aromatic heterocycles. The second-order valence-electron chi connectivity index (χ2n) is 13.4. The van der Waals surface area contributed by atoms with Gasteiger partial charge in [0, 0.05) is 5.41 Å². The number of methoxy groups -OCH3 is 1. The zero-order chi connectivity index (χ0) is 28.5. The molecule has 0 amide bonds. The van der Waals surface area contributed by atoms with E-state index in [2.05, 4.69) is 71.0 Å². The van der Waals surface area contributed by atoms with Crippen molar-refractivity contribution in [3.63, 3.8) is 0 Å².